The van der Waals surface area contributed by atoms with Crippen LogP contribution in [0.2, 0.25) is 5.02 Å². The Balaban J connectivity index is 2.33. The molecular formula is C15H23ClN2O2. The molecule has 0 radical (unpaired) electrons. The van der Waals surface area contributed by atoms with Crippen LogP contribution in [0, 0.1) is 5.92 Å². The van der Waals surface area contributed by atoms with Crippen LogP contribution in [0.25, 0.3) is 0 Å². The normalized spacial score (nSPS) is 12.3. The van der Waals surface area contributed by atoms with Crippen molar-refractivity contribution in [2.75, 3.05) is 20.2 Å². The Morgan fingerprint density at radius 1 is 1.35 bits per heavy atom. The number of carbonyl (C=O) groups is 1. The highest BCUT2D eigenvalue weighted by atomic mass is 35.5. The molecule has 20 heavy (non-hydrogen) atoms. The zero-order valence-electron chi connectivity index (χ0n) is 12.3. The molecule has 0 aliphatic rings. The zero-order valence-corrected chi connectivity index (χ0v) is 13.1. The standard InChI is InChI=1S/C15H23ClN2O2/c1-11(2)10-14(17)15(19)18(3)8-9-20-13-6-4-12(16)5-7-13/h4-7,11,14H,8-10,17H2,1-3H3. The van der Waals surface area contributed by atoms with Crippen LogP contribution >= 0.6 is 11.6 Å². The molecule has 1 aromatic rings. The summed E-state index contributed by atoms with van der Waals surface area (Å²) in [5.41, 5.74) is 5.87. The average Bonchev–Trinajstić information content (AvgIpc) is 2.39. The van der Waals surface area contributed by atoms with Gasteiger partial charge in [-0.3, -0.25) is 4.79 Å². The maximum absolute atomic E-state index is 12.0. The van der Waals surface area contributed by atoms with E-state index >= 15 is 0 Å². The van der Waals surface area contributed by atoms with Crippen LogP contribution in [0.3, 0.4) is 0 Å². The summed E-state index contributed by atoms with van der Waals surface area (Å²) in [5, 5.41) is 0.671. The van der Waals surface area contributed by atoms with Crippen molar-refractivity contribution in [1.29, 1.82) is 0 Å². The molecule has 0 saturated heterocycles. The van der Waals surface area contributed by atoms with Gasteiger partial charge in [-0.25, -0.2) is 0 Å². The predicted molar refractivity (Wildman–Crippen MR) is 82.0 cm³/mol. The minimum Gasteiger partial charge on any atom is -0.492 e. The summed E-state index contributed by atoms with van der Waals surface area (Å²) in [5.74, 6) is 1.10. The van der Waals surface area contributed by atoms with Gasteiger partial charge in [-0.1, -0.05) is 25.4 Å². The minimum absolute atomic E-state index is 0.0431. The van der Waals surface area contributed by atoms with Crippen molar-refractivity contribution in [3.8, 4) is 5.75 Å². The van der Waals surface area contributed by atoms with Crippen molar-refractivity contribution in [2.45, 2.75) is 26.3 Å². The van der Waals surface area contributed by atoms with Crippen LogP contribution in [0.15, 0.2) is 24.3 Å². The number of likely N-dealkylation sites (N-methyl/N-ethyl adjacent to an activating group) is 1. The van der Waals surface area contributed by atoms with Crippen LogP contribution in [0.4, 0.5) is 0 Å². The van der Waals surface area contributed by atoms with Gasteiger partial charge in [0.2, 0.25) is 5.91 Å². The SMILES string of the molecule is CC(C)CC(N)C(=O)N(C)CCOc1ccc(Cl)cc1. The van der Waals surface area contributed by atoms with Gasteiger partial charge in [0, 0.05) is 12.1 Å². The fraction of sp³-hybridized carbons (Fsp3) is 0.533. The van der Waals surface area contributed by atoms with E-state index in [9.17, 15) is 4.79 Å². The van der Waals surface area contributed by atoms with Crippen molar-refractivity contribution in [3.05, 3.63) is 29.3 Å². The Morgan fingerprint density at radius 2 is 1.95 bits per heavy atom. The molecule has 0 bridgehead atoms. The van der Waals surface area contributed by atoms with Gasteiger partial charge >= 0.3 is 0 Å². The highest BCUT2D eigenvalue weighted by Crippen LogP contribution is 2.15. The summed E-state index contributed by atoms with van der Waals surface area (Å²) >= 11 is 5.79. The third kappa shape index (κ3) is 5.80. The highest BCUT2D eigenvalue weighted by molar-refractivity contribution is 6.30. The maximum atomic E-state index is 12.0. The predicted octanol–water partition coefficient (Wildman–Crippen LogP) is 2.55. The van der Waals surface area contributed by atoms with E-state index in [2.05, 4.69) is 13.8 Å². The lowest BCUT2D eigenvalue weighted by molar-refractivity contribution is -0.131. The van der Waals surface area contributed by atoms with Crippen LogP contribution in [0.1, 0.15) is 20.3 Å². The number of nitrogens with two attached hydrogens (primary N) is 1. The maximum Gasteiger partial charge on any atom is 0.239 e. The van der Waals surface area contributed by atoms with Crippen molar-refractivity contribution >= 4 is 17.5 Å². The number of amides is 1. The summed E-state index contributed by atoms with van der Waals surface area (Å²) in [6, 6.07) is 6.70. The minimum atomic E-state index is -0.435. The third-order valence-corrected chi connectivity index (χ3v) is 3.18. The first-order valence-corrected chi connectivity index (χ1v) is 7.17. The molecule has 1 aromatic carbocycles. The highest BCUT2D eigenvalue weighted by Gasteiger charge is 2.18. The molecule has 0 heterocycles. The molecule has 2 N–H and O–H groups in total. The second kappa shape index (κ2) is 8.12. The van der Waals surface area contributed by atoms with Crippen LogP contribution in [-0.4, -0.2) is 37.0 Å². The van der Waals surface area contributed by atoms with Crippen LogP contribution < -0.4 is 10.5 Å². The van der Waals surface area contributed by atoms with Crippen molar-refractivity contribution in [2.24, 2.45) is 11.7 Å². The zero-order chi connectivity index (χ0) is 15.1. The molecule has 5 heteroatoms. The Hall–Kier alpha value is -1.26. The van der Waals surface area contributed by atoms with Gasteiger partial charge in [0.1, 0.15) is 12.4 Å². The van der Waals surface area contributed by atoms with E-state index in [-0.39, 0.29) is 5.91 Å². The van der Waals surface area contributed by atoms with Gasteiger partial charge in [0.15, 0.2) is 0 Å². The van der Waals surface area contributed by atoms with Crippen molar-refractivity contribution < 1.29 is 9.53 Å². The summed E-state index contributed by atoms with van der Waals surface area (Å²) in [6.07, 6.45) is 0.696. The van der Waals surface area contributed by atoms with Gasteiger partial charge < -0.3 is 15.4 Å². The van der Waals surface area contributed by atoms with Crippen LogP contribution in [0.5, 0.6) is 5.75 Å². The van der Waals surface area contributed by atoms with Gasteiger partial charge in [-0.05, 0) is 36.6 Å². The van der Waals surface area contributed by atoms with Gasteiger partial charge in [0.25, 0.3) is 0 Å². The van der Waals surface area contributed by atoms with Gasteiger partial charge in [-0.15, -0.1) is 0 Å². The van der Waals surface area contributed by atoms with Crippen molar-refractivity contribution in [3.63, 3.8) is 0 Å². The molecule has 0 aromatic heterocycles. The lowest BCUT2D eigenvalue weighted by Crippen LogP contribution is -2.43. The molecule has 112 valence electrons. The number of nitrogens with zero attached hydrogens (tertiary/aromatic N) is 1. The lowest BCUT2D eigenvalue weighted by atomic mass is 10.0. The lowest BCUT2D eigenvalue weighted by Gasteiger charge is -2.22. The molecule has 1 unspecified atom stereocenters. The van der Waals surface area contributed by atoms with E-state index in [0.29, 0.717) is 30.5 Å². The van der Waals surface area contributed by atoms with E-state index < -0.39 is 6.04 Å². The number of carbonyl (C=O) groups excluding carboxylic acids is 1. The first-order chi connectivity index (χ1) is 9.40. The molecule has 4 nitrogen and oxygen atoms in total. The molecule has 1 rings (SSSR count). The van der Waals surface area contributed by atoms with E-state index in [1.54, 1.807) is 36.2 Å². The number of rotatable bonds is 7. The Bertz CT molecular complexity index is 420. The van der Waals surface area contributed by atoms with E-state index in [1.807, 2.05) is 0 Å². The fourth-order valence-electron chi connectivity index (χ4n) is 1.83. The number of hydrogen-bond acceptors (Lipinski definition) is 3. The van der Waals surface area contributed by atoms with Crippen molar-refractivity contribution in [1.82, 2.24) is 4.90 Å². The Labute approximate surface area is 125 Å². The monoisotopic (exact) mass is 298 g/mol. The van der Waals surface area contributed by atoms with Gasteiger partial charge in [0.05, 0.1) is 12.6 Å². The molecular weight excluding hydrogens is 276 g/mol. The molecule has 0 aliphatic carbocycles. The topological polar surface area (TPSA) is 55.6 Å². The number of ether oxygens (including phenoxy) is 1. The molecule has 1 atom stereocenters. The van der Waals surface area contributed by atoms with Gasteiger partial charge in [-0.2, -0.15) is 0 Å². The quantitative estimate of drug-likeness (QED) is 0.841. The molecule has 0 fully saturated rings. The summed E-state index contributed by atoms with van der Waals surface area (Å²) in [7, 11) is 1.74. The molecule has 0 spiro atoms. The Kier molecular flexibility index (Phi) is 6.82. The largest absolute Gasteiger partial charge is 0.492 e. The number of hydrogen-bond donors (Lipinski definition) is 1. The van der Waals surface area contributed by atoms with E-state index in [0.717, 1.165) is 5.75 Å². The first-order valence-electron chi connectivity index (χ1n) is 6.79. The first kappa shape index (κ1) is 16.8. The Morgan fingerprint density at radius 3 is 2.50 bits per heavy atom. The van der Waals surface area contributed by atoms with Crippen LogP contribution in [-0.2, 0) is 4.79 Å². The molecule has 1 amide bonds. The second-order valence-electron chi connectivity index (χ2n) is 5.30. The summed E-state index contributed by atoms with van der Waals surface area (Å²) in [6.45, 7) is 5.04. The number of benzene rings is 1. The van der Waals surface area contributed by atoms with E-state index in [4.69, 9.17) is 22.1 Å². The molecule has 0 aliphatic heterocycles. The number of halogens is 1. The second-order valence-corrected chi connectivity index (χ2v) is 5.73. The third-order valence-electron chi connectivity index (χ3n) is 2.93. The molecule has 0 saturated carbocycles. The fourth-order valence-corrected chi connectivity index (χ4v) is 1.96. The smallest absolute Gasteiger partial charge is 0.239 e. The summed E-state index contributed by atoms with van der Waals surface area (Å²) < 4.78 is 5.55. The van der Waals surface area contributed by atoms with E-state index in [1.165, 1.54) is 0 Å². The average molecular weight is 299 g/mol. The summed E-state index contributed by atoms with van der Waals surface area (Å²) in [4.78, 5) is 13.6.